The quantitative estimate of drug-likeness (QED) is 0.817. The van der Waals surface area contributed by atoms with Gasteiger partial charge in [-0.1, -0.05) is 24.3 Å². The second kappa shape index (κ2) is 8.13. The monoisotopic (exact) mass is 242 g/mol. The molecule has 16 heavy (non-hydrogen) atoms. The van der Waals surface area contributed by atoms with Gasteiger partial charge in [0.25, 0.3) is 0 Å². The predicted molar refractivity (Wildman–Crippen MR) is 69.1 cm³/mol. The Bertz CT molecular complexity index is 329. The molecular weight excluding hydrogens is 224 g/mol. The van der Waals surface area contributed by atoms with Crippen molar-refractivity contribution in [1.29, 1.82) is 0 Å². The van der Waals surface area contributed by atoms with Crippen LogP contribution in [0.3, 0.4) is 0 Å². The molecule has 2 N–H and O–H groups in total. The first-order valence-corrected chi connectivity index (χ1v) is 5.20. The number of benzene rings is 1. The maximum absolute atomic E-state index is 11.1. The highest BCUT2D eigenvalue weighted by atomic mass is 35.5. The van der Waals surface area contributed by atoms with E-state index < -0.39 is 0 Å². The van der Waals surface area contributed by atoms with Crippen molar-refractivity contribution in [2.24, 2.45) is 0 Å². The molecular formula is C12H19ClN2O. The number of amides is 1. The van der Waals surface area contributed by atoms with E-state index in [4.69, 9.17) is 0 Å². The molecule has 0 fully saturated rings. The number of halogens is 1. The van der Waals surface area contributed by atoms with E-state index in [1.54, 1.807) is 7.05 Å². The van der Waals surface area contributed by atoms with Gasteiger partial charge >= 0.3 is 0 Å². The van der Waals surface area contributed by atoms with Crippen LogP contribution in [-0.2, 0) is 11.2 Å². The van der Waals surface area contributed by atoms with Crippen molar-refractivity contribution in [3.63, 3.8) is 0 Å². The van der Waals surface area contributed by atoms with Gasteiger partial charge in [-0.05, 0) is 31.5 Å². The van der Waals surface area contributed by atoms with E-state index >= 15 is 0 Å². The highest BCUT2D eigenvalue weighted by Gasteiger charge is 1.99. The third-order valence-corrected chi connectivity index (χ3v) is 2.32. The summed E-state index contributed by atoms with van der Waals surface area (Å²) in [5.41, 5.74) is 2.57. The van der Waals surface area contributed by atoms with Gasteiger partial charge < -0.3 is 10.6 Å². The lowest BCUT2D eigenvalue weighted by molar-refractivity contribution is -0.120. The fraction of sp³-hybridized carbons (Fsp3) is 0.417. The van der Waals surface area contributed by atoms with Crippen molar-refractivity contribution in [2.75, 3.05) is 20.1 Å². The molecule has 1 amide bonds. The highest BCUT2D eigenvalue weighted by molar-refractivity contribution is 5.85. The standard InChI is InChI=1S/C12H18N2O.ClH/c1-10-5-3-4-6-11(10)7-8-14-12(15)9-13-2;/h3-6,13H,7-9H2,1-2H3,(H,14,15);1H. The number of carbonyl (C=O) groups excluding carboxylic acids is 1. The van der Waals surface area contributed by atoms with Crippen LogP contribution in [0.5, 0.6) is 0 Å². The third-order valence-electron chi connectivity index (χ3n) is 2.32. The minimum Gasteiger partial charge on any atom is -0.355 e. The average molecular weight is 243 g/mol. The largest absolute Gasteiger partial charge is 0.355 e. The Hall–Kier alpha value is -1.06. The minimum atomic E-state index is 0. The molecule has 0 aliphatic heterocycles. The van der Waals surface area contributed by atoms with Crippen LogP contribution in [0.15, 0.2) is 24.3 Å². The zero-order valence-electron chi connectivity index (χ0n) is 9.75. The van der Waals surface area contributed by atoms with Crippen LogP contribution < -0.4 is 10.6 Å². The first kappa shape index (κ1) is 14.9. The molecule has 0 saturated carbocycles. The molecule has 0 atom stereocenters. The Morgan fingerprint density at radius 3 is 2.62 bits per heavy atom. The van der Waals surface area contributed by atoms with Gasteiger partial charge in [0, 0.05) is 6.54 Å². The number of hydrogen-bond acceptors (Lipinski definition) is 2. The van der Waals surface area contributed by atoms with Crippen LogP contribution in [0.4, 0.5) is 0 Å². The number of likely N-dealkylation sites (N-methyl/N-ethyl adjacent to an activating group) is 1. The molecule has 0 saturated heterocycles. The summed E-state index contributed by atoms with van der Waals surface area (Å²) in [7, 11) is 1.76. The molecule has 90 valence electrons. The summed E-state index contributed by atoms with van der Waals surface area (Å²) in [6.07, 6.45) is 0.891. The lowest BCUT2D eigenvalue weighted by Crippen LogP contribution is -2.33. The van der Waals surface area contributed by atoms with Gasteiger partial charge in [-0.3, -0.25) is 4.79 Å². The van der Waals surface area contributed by atoms with Crippen molar-refractivity contribution < 1.29 is 4.79 Å². The summed E-state index contributed by atoms with van der Waals surface area (Å²) < 4.78 is 0. The van der Waals surface area contributed by atoms with Crippen molar-refractivity contribution >= 4 is 18.3 Å². The molecule has 0 aromatic heterocycles. The number of aryl methyl sites for hydroxylation is 1. The topological polar surface area (TPSA) is 41.1 Å². The van der Waals surface area contributed by atoms with Gasteiger partial charge in [0.05, 0.1) is 6.54 Å². The summed E-state index contributed by atoms with van der Waals surface area (Å²) in [6.45, 7) is 3.17. The van der Waals surface area contributed by atoms with Gasteiger partial charge in [0.15, 0.2) is 0 Å². The molecule has 1 aromatic rings. The van der Waals surface area contributed by atoms with Crippen LogP contribution in [-0.4, -0.2) is 26.0 Å². The summed E-state index contributed by atoms with van der Waals surface area (Å²) in [4.78, 5) is 11.1. The first-order chi connectivity index (χ1) is 7.24. The molecule has 0 aliphatic rings. The molecule has 1 aromatic carbocycles. The fourth-order valence-corrected chi connectivity index (χ4v) is 1.45. The summed E-state index contributed by atoms with van der Waals surface area (Å²) in [5.74, 6) is 0.0473. The van der Waals surface area contributed by atoms with Crippen LogP contribution >= 0.6 is 12.4 Å². The smallest absolute Gasteiger partial charge is 0.233 e. The second-order valence-electron chi connectivity index (χ2n) is 3.56. The van der Waals surface area contributed by atoms with E-state index in [0.717, 1.165) is 6.42 Å². The van der Waals surface area contributed by atoms with Crippen LogP contribution in [0, 0.1) is 6.92 Å². The van der Waals surface area contributed by atoms with Gasteiger partial charge in [-0.25, -0.2) is 0 Å². The predicted octanol–water partition coefficient (Wildman–Crippen LogP) is 1.29. The molecule has 1 rings (SSSR count). The fourth-order valence-electron chi connectivity index (χ4n) is 1.45. The zero-order chi connectivity index (χ0) is 11.1. The SMILES string of the molecule is CNCC(=O)NCCc1ccccc1C.Cl. The normalized spacial score (nSPS) is 9.38. The van der Waals surface area contributed by atoms with Gasteiger partial charge in [0.1, 0.15) is 0 Å². The zero-order valence-corrected chi connectivity index (χ0v) is 10.6. The summed E-state index contributed by atoms with van der Waals surface area (Å²) >= 11 is 0. The summed E-state index contributed by atoms with van der Waals surface area (Å²) in [5, 5.41) is 5.67. The Morgan fingerprint density at radius 1 is 1.31 bits per heavy atom. The van der Waals surface area contributed by atoms with E-state index in [2.05, 4.69) is 29.7 Å². The van der Waals surface area contributed by atoms with Crippen LogP contribution in [0.25, 0.3) is 0 Å². The average Bonchev–Trinajstić information content (AvgIpc) is 2.21. The lowest BCUT2D eigenvalue weighted by Gasteiger charge is -2.06. The summed E-state index contributed by atoms with van der Waals surface area (Å²) in [6, 6.07) is 8.24. The first-order valence-electron chi connectivity index (χ1n) is 5.20. The molecule has 0 bridgehead atoms. The Kier molecular flexibility index (Phi) is 7.60. The molecule has 3 nitrogen and oxygen atoms in total. The molecule has 0 unspecified atom stereocenters. The molecule has 0 radical (unpaired) electrons. The van der Waals surface area contributed by atoms with Gasteiger partial charge in [0.2, 0.25) is 5.91 Å². The van der Waals surface area contributed by atoms with Gasteiger partial charge in [-0.2, -0.15) is 0 Å². The highest BCUT2D eigenvalue weighted by Crippen LogP contribution is 2.06. The second-order valence-corrected chi connectivity index (χ2v) is 3.56. The molecule has 0 spiro atoms. The van der Waals surface area contributed by atoms with Crippen molar-refractivity contribution in [1.82, 2.24) is 10.6 Å². The third kappa shape index (κ3) is 5.14. The van der Waals surface area contributed by atoms with Crippen LogP contribution in [0.2, 0.25) is 0 Å². The maximum Gasteiger partial charge on any atom is 0.233 e. The van der Waals surface area contributed by atoms with Crippen LogP contribution in [0.1, 0.15) is 11.1 Å². The van der Waals surface area contributed by atoms with Gasteiger partial charge in [-0.15, -0.1) is 12.4 Å². The number of hydrogen-bond donors (Lipinski definition) is 2. The number of rotatable bonds is 5. The molecule has 0 heterocycles. The van der Waals surface area contributed by atoms with E-state index in [0.29, 0.717) is 13.1 Å². The minimum absolute atomic E-state index is 0. The number of nitrogens with one attached hydrogen (secondary N) is 2. The Morgan fingerprint density at radius 2 is 2.00 bits per heavy atom. The Balaban J connectivity index is 0.00000225. The molecule has 4 heteroatoms. The van der Waals surface area contributed by atoms with E-state index in [1.807, 2.05) is 12.1 Å². The van der Waals surface area contributed by atoms with Crippen molar-refractivity contribution in [3.05, 3.63) is 35.4 Å². The lowest BCUT2D eigenvalue weighted by atomic mass is 10.1. The van der Waals surface area contributed by atoms with Crippen molar-refractivity contribution in [3.8, 4) is 0 Å². The van der Waals surface area contributed by atoms with Crippen molar-refractivity contribution in [2.45, 2.75) is 13.3 Å². The van der Waals surface area contributed by atoms with E-state index in [-0.39, 0.29) is 18.3 Å². The van der Waals surface area contributed by atoms with E-state index in [1.165, 1.54) is 11.1 Å². The maximum atomic E-state index is 11.1. The number of carbonyl (C=O) groups is 1. The Labute approximate surface area is 103 Å². The molecule has 0 aliphatic carbocycles. The van der Waals surface area contributed by atoms with E-state index in [9.17, 15) is 4.79 Å².